The fourth-order valence-electron chi connectivity index (χ4n) is 2.89. The fraction of sp³-hybridized carbons (Fsp3) is 0.500. The molecule has 0 saturated carbocycles. The molecule has 2 N–H and O–H groups in total. The lowest BCUT2D eigenvalue weighted by Gasteiger charge is -2.16. The SMILES string of the molecule is CCNC(=NCc1sc(C)nc1C)NCCc1ccc(OC)c(OC)c1OC.I. The standard InChI is InChI=1S/C20H30N4O3S.HI/c1-7-21-20(23-12-17-13(2)24-14(3)28-17)22-11-10-15-8-9-16(25-4)19(27-6)18(15)26-5;/h8-9H,7,10-12H2,1-6H3,(H2,21,22,23);1H. The molecular formula is C20H31IN4O3S. The van der Waals surface area contributed by atoms with Crippen molar-refractivity contribution in [2.24, 2.45) is 4.99 Å². The second-order valence-corrected chi connectivity index (χ2v) is 7.39. The van der Waals surface area contributed by atoms with Gasteiger partial charge in [-0.3, -0.25) is 0 Å². The van der Waals surface area contributed by atoms with Gasteiger partial charge in [0, 0.05) is 23.5 Å². The molecule has 0 fully saturated rings. The van der Waals surface area contributed by atoms with Gasteiger partial charge in [-0.25, -0.2) is 9.98 Å². The summed E-state index contributed by atoms with van der Waals surface area (Å²) in [6, 6.07) is 3.89. The van der Waals surface area contributed by atoms with E-state index in [2.05, 4.69) is 27.5 Å². The van der Waals surface area contributed by atoms with Gasteiger partial charge in [0.05, 0.1) is 38.6 Å². The molecule has 0 spiro atoms. The molecule has 0 bridgehead atoms. The minimum atomic E-state index is 0. The van der Waals surface area contributed by atoms with Gasteiger partial charge < -0.3 is 24.8 Å². The summed E-state index contributed by atoms with van der Waals surface area (Å²) in [4.78, 5) is 10.3. The average Bonchev–Trinajstić information content (AvgIpc) is 3.02. The topological polar surface area (TPSA) is 77.0 Å². The maximum atomic E-state index is 5.55. The number of nitrogens with one attached hydrogen (secondary N) is 2. The van der Waals surface area contributed by atoms with Gasteiger partial charge in [0.25, 0.3) is 0 Å². The molecule has 1 aromatic heterocycles. The molecule has 0 radical (unpaired) electrons. The number of guanidine groups is 1. The van der Waals surface area contributed by atoms with Crippen LogP contribution in [0.1, 0.15) is 28.1 Å². The molecule has 0 aliphatic heterocycles. The number of aliphatic imine (C=N–C) groups is 1. The van der Waals surface area contributed by atoms with Crippen LogP contribution in [0.25, 0.3) is 0 Å². The highest BCUT2D eigenvalue weighted by Gasteiger charge is 2.15. The minimum absolute atomic E-state index is 0. The Morgan fingerprint density at radius 3 is 2.34 bits per heavy atom. The maximum Gasteiger partial charge on any atom is 0.203 e. The van der Waals surface area contributed by atoms with E-state index in [1.165, 1.54) is 4.88 Å². The molecule has 0 aliphatic rings. The molecule has 9 heteroatoms. The molecule has 0 saturated heterocycles. The second-order valence-electron chi connectivity index (χ2n) is 6.11. The molecule has 1 heterocycles. The van der Waals surface area contributed by atoms with Crippen molar-refractivity contribution >= 4 is 41.3 Å². The van der Waals surface area contributed by atoms with E-state index in [4.69, 9.17) is 14.2 Å². The molecule has 0 amide bonds. The summed E-state index contributed by atoms with van der Waals surface area (Å²) >= 11 is 1.69. The quantitative estimate of drug-likeness (QED) is 0.290. The van der Waals surface area contributed by atoms with Crippen LogP contribution in [-0.2, 0) is 13.0 Å². The van der Waals surface area contributed by atoms with Gasteiger partial charge in [-0.2, -0.15) is 0 Å². The van der Waals surface area contributed by atoms with Crippen molar-refractivity contribution in [1.82, 2.24) is 15.6 Å². The third-order valence-corrected chi connectivity index (χ3v) is 5.25. The van der Waals surface area contributed by atoms with Crippen molar-refractivity contribution in [3.63, 3.8) is 0 Å². The Labute approximate surface area is 194 Å². The predicted octanol–water partition coefficient (Wildman–Crippen LogP) is 3.70. The number of hydrogen-bond acceptors (Lipinski definition) is 6. The fourth-order valence-corrected chi connectivity index (χ4v) is 3.75. The van der Waals surface area contributed by atoms with Gasteiger partial charge >= 0.3 is 0 Å². The lowest BCUT2D eigenvalue weighted by Crippen LogP contribution is -2.38. The Balaban J connectivity index is 0.00000420. The Kier molecular flexibility index (Phi) is 11.1. The number of aryl methyl sites for hydroxylation is 2. The number of rotatable bonds is 9. The van der Waals surface area contributed by atoms with Gasteiger partial charge in [-0.1, -0.05) is 6.07 Å². The highest BCUT2D eigenvalue weighted by Crippen LogP contribution is 2.39. The first-order valence-corrected chi connectivity index (χ1v) is 10.1. The third-order valence-electron chi connectivity index (χ3n) is 4.20. The van der Waals surface area contributed by atoms with Gasteiger partial charge in [0.2, 0.25) is 5.75 Å². The van der Waals surface area contributed by atoms with E-state index < -0.39 is 0 Å². The molecule has 0 unspecified atom stereocenters. The molecule has 0 atom stereocenters. The molecular weight excluding hydrogens is 503 g/mol. The summed E-state index contributed by atoms with van der Waals surface area (Å²) in [5, 5.41) is 7.73. The third kappa shape index (κ3) is 6.91. The monoisotopic (exact) mass is 534 g/mol. The van der Waals surface area contributed by atoms with Crippen LogP contribution in [-0.4, -0.2) is 45.4 Å². The summed E-state index contributed by atoms with van der Waals surface area (Å²) in [5.74, 6) is 2.74. The zero-order valence-electron chi connectivity index (χ0n) is 17.9. The van der Waals surface area contributed by atoms with Crippen LogP contribution in [0.2, 0.25) is 0 Å². The first-order chi connectivity index (χ1) is 13.5. The molecule has 1 aromatic carbocycles. The Morgan fingerprint density at radius 1 is 1.07 bits per heavy atom. The number of nitrogens with zero attached hydrogens (tertiary/aromatic N) is 2. The molecule has 2 rings (SSSR count). The van der Waals surface area contributed by atoms with Crippen LogP contribution in [0.3, 0.4) is 0 Å². The van der Waals surface area contributed by atoms with E-state index in [-0.39, 0.29) is 24.0 Å². The number of halogens is 1. The summed E-state index contributed by atoms with van der Waals surface area (Å²) < 4.78 is 16.3. The molecule has 2 aromatic rings. The van der Waals surface area contributed by atoms with E-state index in [0.29, 0.717) is 30.3 Å². The van der Waals surface area contributed by atoms with Crippen molar-refractivity contribution in [3.8, 4) is 17.2 Å². The van der Waals surface area contributed by atoms with Crippen LogP contribution in [0.5, 0.6) is 17.2 Å². The average molecular weight is 534 g/mol. The first-order valence-electron chi connectivity index (χ1n) is 9.26. The molecule has 7 nitrogen and oxygen atoms in total. The second kappa shape index (κ2) is 12.7. The van der Waals surface area contributed by atoms with Crippen LogP contribution in [0.15, 0.2) is 17.1 Å². The summed E-state index contributed by atoms with van der Waals surface area (Å²) in [7, 11) is 4.87. The zero-order chi connectivity index (χ0) is 20.5. The van der Waals surface area contributed by atoms with E-state index >= 15 is 0 Å². The number of thiazole rings is 1. The summed E-state index contributed by atoms with van der Waals surface area (Å²) in [6.45, 7) is 8.22. The minimum Gasteiger partial charge on any atom is -0.493 e. The Morgan fingerprint density at radius 2 is 1.79 bits per heavy atom. The lowest BCUT2D eigenvalue weighted by atomic mass is 10.1. The van der Waals surface area contributed by atoms with E-state index in [9.17, 15) is 0 Å². The van der Waals surface area contributed by atoms with Crippen molar-refractivity contribution in [1.29, 1.82) is 0 Å². The Hall–Kier alpha value is -1.75. The number of aromatic nitrogens is 1. The van der Waals surface area contributed by atoms with Crippen LogP contribution in [0, 0.1) is 13.8 Å². The van der Waals surface area contributed by atoms with Crippen molar-refractivity contribution < 1.29 is 14.2 Å². The van der Waals surface area contributed by atoms with Crippen LogP contribution >= 0.6 is 35.3 Å². The van der Waals surface area contributed by atoms with Gasteiger partial charge in [-0.05, 0) is 33.3 Å². The largest absolute Gasteiger partial charge is 0.493 e. The normalized spacial score (nSPS) is 10.9. The van der Waals surface area contributed by atoms with Crippen molar-refractivity contribution in [3.05, 3.63) is 33.3 Å². The van der Waals surface area contributed by atoms with Gasteiger partial charge in [0.15, 0.2) is 17.5 Å². The first kappa shape index (κ1) is 25.3. The maximum absolute atomic E-state index is 5.55. The summed E-state index contributed by atoms with van der Waals surface area (Å²) in [5.41, 5.74) is 2.09. The van der Waals surface area contributed by atoms with E-state index in [0.717, 1.165) is 35.2 Å². The summed E-state index contributed by atoms with van der Waals surface area (Å²) in [6.07, 6.45) is 0.757. The highest BCUT2D eigenvalue weighted by atomic mass is 127. The van der Waals surface area contributed by atoms with Gasteiger partial charge in [-0.15, -0.1) is 35.3 Å². The number of benzene rings is 1. The van der Waals surface area contributed by atoms with Crippen molar-refractivity contribution in [2.45, 2.75) is 33.7 Å². The highest BCUT2D eigenvalue weighted by molar-refractivity contribution is 14.0. The molecule has 162 valence electrons. The lowest BCUT2D eigenvalue weighted by molar-refractivity contribution is 0.322. The van der Waals surface area contributed by atoms with Crippen LogP contribution < -0.4 is 24.8 Å². The number of ether oxygens (including phenoxy) is 3. The number of methoxy groups -OCH3 is 3. The smallest absolute Gasteiger partial charge is 0.203 e. The molecule has 0 aliphatic carbocycles. The van der Waals surface area contributed by atoms with Crippen LogP contribution in [0.4, 0.5) is 0 Å². The van der Waals surface area contributed by atoms with Gasteiger partial charge in [0.1, 0.15) is 0 Å². The van der Waals surface area contributed by atoms with Crippen molar-refractivity contribution in [2.75, 3.05) is 34.4 Å². The zero-order valence-corrected chi connectivity index (χ0v) is 21.1. The number of hydrogen-bond donors (Lipinski definition) is 2. The van der Waals surface area contributed by atoms with E-state index in [1.54, 1.807) is 32.7 Å². The predicted molar refractivity (Wildman–Crippen MR) is 130 cm³/mol. The van der Waals surface area contributed by atoms with E-state index in [1.807, 2.05) is 26.0 Å². The molecule has 29 heavy (non-hydrogen) atoms. The Bertz CT molecular complexity index is 811.